The van der Waals surface area contributed by atoms with E-state index in [4.69, 9.17) is 4.74 Å². The number of ether oxygens (including phenoxy) is 2. The minimum atomic E-state index is -0.745. The van der Waals surface area contributed by atoms with Gasteiger partial charge < -0.3 is 35.5 Å². The van der Waals surface area contributed by atoms with Gasteiger partial charge in [0.05, 0.1) is 36.4 Å². The Morgan fingerprint density at radius 3 is 1.60 bits per heavy atom. The summed E-state index contributed by atoms with van der Waals surface area (Å²) in [6, 6.07) is 12.2. The van der Waals surface area contributed by atoms with Crippen LogP contribution in [-0.4, -0.2) is 125 Å². The quantitative estimate of drug-likeness (QED) is 0.125. The summed E-state index contributed by atoms with van der Waals surface area (Å²) in [7, 11) is 3.26. The summed E-state index contributed by atoms with van der Waals surface area (Å²) in [5.74, 6) is -2.64. The zero-order chi connectivity index (χ0) is 50.4. The van der Waals surface area contributed by atoms with E-state index in [9.17, 15) is 38.2 Å². The van der Waals surface area contributed by atoms with Gasteiger partial charge in [-0.3, -0.25) is 28.9 Å². The van der Waals surface area contributed by atoms with Crippen LogP contribution in [0.15, 0.2) is 70.5 Å². The number of fused-ring (bicyclic) bond motifs is 2. The van der Waals surface area contributed by atoms with Gasteiger partial charge in [-0.2, -0.15) is 0 Å². The first-order valence-electron chi connectivity index (χ1n) is 21.9. The second-order valence-electron chi connectivity index (χ2n) is 16.9. The number of methoxy groups -OCH3 is 2. The van der Waals surface area contributed by atoms with Crippen molar-refractivity contribution in [2.45, 2.75) is 72.1 Å². The number of alkyl halides is 1. The Kier molecular flexibility index (Phi) is 19.2. The Morgan fingerprint density at radius 2 is 1.16 bits per heavy atom. The van der Waals surface area contributed by atoms with E-state index >= 15 is 0 Å². The van der Waals surface area contributed by atoms with Crippen LogP contribution in [0.2, 0.25) is 0 Å². The second kappa shape index (κ2) is 24.0. The number of hydrogen-bond acceptors (Lipinski definition) is 15. The van der Waals surface area contributed by atoms with Crippen LogP contribution in [0.5, 0.6) is 11.5 Å². The first kappa shape index (κ1) is 56.0. The summed E-state index contributed by atoms with van der Waals surface area (Å²) in [5.41, 5.74) is -0.572. The van der Waals surface area contributed by atoms with Crippen molar-refractivity contribution in [1.29, 1.82) is 0 Å². The molecule has 17 nitrogen and oxygen atoms in total. The number of aromatic hydroxyl groups is 2. The molecule has 0 aliphatic carbocycles. The molecule has 6 aromatic rings. The SMILES string of the molecule is CCN1C(=O)c2c(O)c(=O)c(-c3nnc(Cc4ccc(F)cc4)s3)cn2CC1(C)C.CCN1C(=O)c2c(O)c(=O)c(-c3nnc(Cc4ccc(F)cc4)s3)cn2N(CCOC)C1(C)C.COCCBr.[H-].[Na+]. The minimum Gasteiger partial charge on any atom is -1.00 e. The first-order valence-corrected chi connectivity index (χ1v) is 24.6. The number of hydrogen-bond donors (Lipinski definition) is 2. The molecule has 0 saturated heterocycles. The summed E-state index contributed by atoms with van der Waals surface area (Å²) in [5, 5.41) is 42.7. The number of carbonyl (C=O) groups excluding carboxylic acids is 2. The van der Waals surface area contributed by atoms with Crippen molar-refractivity contribution in [2.24, 2.45) is 0 Å². The largest absolute Gasteiger partial charge is 1.00 e. The monoisotopic (exact) mass is 1080 g/mol. The number of benzene rings is 2. The molecule has 23 heteroatoms. The number of aromatic nitrogens is 6. The van der Waals surface area contributed by atoms with Crippen LogP contribution in [0.1, 0.15) is 85.1 Å². The maximum atomic E-state index is 13.2. The van der Waals surface area contributed by atoms with Crippen LogP contribution >= 0.6 is 38.6 Å². The fourth-order valence-electron chi connectivity index (χ4n) is 8.13. The molecule has 0 unspecified atom stereocenters. The number of pyridine rings is 2. The van der Waals surface area contributed by atoms with Crippen LogP contribution in [0.25, 0.3) is 21.1 Å². The van der Waals surface area contributed by atoms with Crippen molar-refractivity contribution >= 4 is 50.4 Å². The number of halogens is 3. The molecular formula is C47H55BrF2N9NaO8S2. The van der Waals surface area contributed by atoms with Gasteiger partial charge in [0.15, 0.2) is 32.9 Å². The molecule has 0 fully saturated rings. The third kappa shape index (κ3) is 12.0. The predicted molar refractivity (Wildman–Crippen MR) is 264 cm³/mol. The number of nitrogens with zero attached hydrogens (tertiary/aromatic N) is 9. The summed E-state index contributed by atoms with van der Waals surface area (Å²) < 4.78 is 39.3. The minimum absolute atomic E-state index is 0. The van der Waals surface area contributed by atoms with Gasteiger partial charge in [-0.05, 0) is 76.9 Å². The number of amides is 2. The molecule has 2 aliphatic rings. The molecule has 4 aromatic heterocycles. The van der Waals surface area contributed by atoms with Gasteiger partial charge in [-0.15, -0.1) is 20.4 Å². The molecule has 0 radical (unpaired) electrons. The summed E-state index contributed by atoms with van der Waals surface area (Å²) >= 11 is 5.62. The topological polar surface area (TPSA) is 198 Å². The van der Waals surface area contributed by atoms with Gasteiger partial charge in [-0.25, -0.2) is 8.78 Å². The molecule has 2 amide bonds. The van der Waals surface area contributed by atoms with Crippen molar-refractivity contribution in [3.05, 3.63) is 126 Å². The molecular weight excluding hydrogens is 1020 g/mol. The van der Waals surface area contributed by atoms with Gasteiger partial charge in [0.2, 0.25) is 10.9 Å². The molecule has 2 aliphatic heterocycles. The predicted octanol–water partition coefficient (Wildman–Crippen LogP) is 3.80. The molecule has 6 heterocycles. The van der Waals surface area contributed by atoms with Crippen molar-refractivity contribution < 1.29 is 69.0 Å². The Labute approximate surface area is 443 Å². The third-order valence-corrected chi connectivity index (χ3v) is 13.7. The molecule has 0 bridgehead atoms. The smallest absolute Gasteiger partial charge is 1.00 e. The maximum absolute atomic E-state index is 13.2. The number of carbonyl (C=O) groups is 2. The van der Waals surface area contributed by atoms with E-state index in [1.54, 1.807) is 59.0 Å². The Bertz CT molecular complexity index is 2920. The van der Waals surface area contributed by atoms with Gasteiger partial charge >= 0.3 is 29.6 Å². The van der Waals surface area contributed by atoms with Crippen LogP contribution in [-0.2, 0) is 28.9 Å². The fourth-order valence-corrected chi connectivity index (χ4v) is 10.2. The third-order valence-electron chi connectivity index (χ3n) is 11.5. The first-order chi connectivity index (χ1) is 32.8. The molecule has 2 aromatic carbocycles. The van der Waals surface area contributed by atoms with Gasteiger partial charge in [-0.1, -0.05) is 62.9 Å². The van der Waals surface area contributed by atoms with E-state index in [-0.39, 0.29) is 71.0 Å². The average molecular weight is 1080 g/mol. The second-order valence-corrected chi connectivity index (χ2v) is 19.8. The van der Waals surface area contributed by atoms with E-state index in [0.29, 0.717) is 65.7 Å². The standard InChI is InChI=1S/C23H26FN5O4S.C21H21FN4O3S.C3H7BrO.Na.H/c1-5-27-22(32)18-20(31)19(30)16(13-28(18)29(10-11-33-4)23(27,2)3)21-26-25-17(34-21)12-14-6-8-15(24)9-7-14;1-4-26-20(29)16-18(28)17(27)14(10-25(16)11-21(26,2)3)19-24-23-15(30-19)9-12-5-7-13(22)8-6-12;1-5-3-2-4;;/h6-9,13,31H,5,10-12H2,1-4H3;5-8,10,28H,4,9,11H2,1-3H3;2-3H2,1H3;;/q;;;+1;-1. The summed E-state index contributed by atoms with van der Waals surface area (Å²) in [4.78, 5) is 55.2. The Hall–Kier alpha value is -4.94. The van der Waals surface area contributed by atoms with Crippen LogP contribution in [0, 0.1) is 11.6 Å². The van der Waals surface area contributed by atoms with E-state index < -0.39 is 39.5 Å². The van der Waals surface area contributed by atoms with Gasteiger partial charge in [0.1, 0.15) is 27.3 Å². The molecule has 370 valence electrons. The molecule has 70 heavy (non-hydrogen) atoms. The molecule has 8 rings (SSSR count). The van der Waals surface area contributed by atoms with Crippen LogP contribution < -0.4 is 45.4 Å². The van der Waals surface area contributed by atoms with E-state index in [1.165, 1.54) is 57.8 Å². The summed E-state index contributed by atoms with van der Waals surface area (Å²) in [6.07, 6.45) is 3.98. The van der Waals surface area contributed by atoms with Gasteiger partial charge in [0, 0.05) is 64.4 Å². The number of rotatable bonds is 13. The van der Waals surface area contributed by atoms with Crippen molar-refractivity contribution in [3.8, 4) is 32.6 Å². The van der Waals surface area contributed by atoms with Crippen molar-refractivity contribution in [2.75, 3.05) is 57.4 Å². The number of likely N-dealkylation sites (N-methyl/N-ethyl adjacent to an activating group) is 1. The molecule has 0 atom stereocenters. The molecule has 0 saturated carbocycles. The Balaban J connectivity index is 0.000000276. The summed E-state index contributed by atoms with van der Waals surface area (Å²) in [6.45, 7) is 14.3. The van der Waals surface area contributed by atoms with E-state index in [1.807, 2.05) is 46.6 Å². The molecule has 0 spiro atoms. The van der Waals surface area contributed by atoms with Crippen LogP contribution in [0.4, 0.5) is 8.78 Å². The van der Waals surface area contributed by atoms with Crippen LogP contribution in [0.3, 0.4) is 0 Å². The van der Waals surface area contributed by atoms with Gasteiger partial charge in [0.25, 0.3) is 11.8 Å². The molecule has 2 N–H and O–H groups in total. The Morgan fingerprint density at radius 1 is 0.700 bits per heavy atom. The van der Waals surface area contributed by atoms with Crippen molar-refractivity contribution in [1.82, 2.24) is 39.4 Å². The normalized spacial score (nSPS) is 14.5. The maximum Gasteiger partial charge on any atom is 1.00 e. The van der Waals surface area contributed by atoms with Crippen molar-refractivity contribution in [3.63, 3.8) is 0 Å². The average Bonchev–Trinajstić information content (AvgIpc) is 3.98. The zero-order valence-corrected chi connectivity index (χ0v) is 45.7. The van der Waals surface area contributed by atoms with E-state index in [2.05, 4.69) is 41.1 Å². The fraction of sp³-hybridized carbons (Fsp3) is 0.404. The van der Waals surface area contributed by atoms with E-state index in [0.717, 1.165) is 23.1 Å². The zero-order valence-electron chi connectivity index (χ0n) is 41.5.